The van der Waals surface area contributed by atoms with E-state index >= 15 is 0 Å². The summed E-state index contributed by atoms with van der Waals surface area (Å²) in [5, 5.41) is 4.12. The van der Waals surface area contributed by atoms with Gasteiger partial charge in [0, 0.05) is 31.4 Å². The molecule has 12 heteroatoms. The van der Waals surface area contributed by atoms with Gasteiger partial charge in [-0.3, -0.25) is 9.97 Å². The number of rotatable bonds is 9. The monoisotopic (exact) mass is 652 g/mol. The molecular weight excluding hydrogens is 622 g/mol. The summed E-state index contributed by atoms with van der Waals surface area (Å²) in [5.41, 5.74) is 5.20. The van der Waals surface area contributed by atoms with E-state index < -0.39 is 22.9 Å². The fourth-order valence-electron chi connectivity index (χ4n) is 6.33. The molecule has 1 aliphatic heterocycles. The highest BCUT2D eigenvalue weighted by atomic mass is 35.5. The molecule has 0 amide bonds. The molecule has 7 rings (SSSR count). The molecule has 238 valence electrons. The van der Waals surface area contributed by atoms with Gasteiger partial charge in [0.25, 0.3) is 0 Å². The van der Waals surface area contributed by atoms with Crippen molar-refractivity contribution < 1.29 is 13.5 Å². The van der Waals surface area contributed by atoms with Crippen LogP contribution in [0.15, 0.2) is 91.8 Å². The van der Waals surface area contributed by atoms with E-state index in [4.69, 9.17) is 26.3 Å². The quantitative estimate of drug-likeness (QED) is 0.176. The number of fused-ring (bicyclic) bond motifs is 1. The van der Waals surface area contributed by atoms with Crippen LogP contribution in [0.25, 0.3) is 22.4 Å². The Hall–Kier alpha value is -5.00. The number of hydrogen-bond donors (Lipinski definition) is 1. The molecular formula is C35H31ClF2N8O. The zero-order valence-corrected chi connectivity index (χ0v) is 26.3. The molecule has 9 nitrogen and oxygen atoms in total. The average molecular weight is 653 g/mol. The summed E-state index contributed by atoms with van der Waals surface area (Å²) < 4.78 is 36.3. The second kappa shape index (κ2) is 13.0. The lowest BCUT2D eigenvalue weighted by atomic mass is 9.84. The number of methoxy groups -OCH3 is 1. The summed E-state index contributed by atoms with van der Waals surface area (Å²) >= 11 is 6.31. The minimum absolute atomic E-state index is 0.259. The van der Waals surface area contributed by atoms with Crippen LogP contribution in [0, 0.1) is 11.6 Å². The Kier molecular flexibility index (Phi) is 8.48. The van der Waals surface area contributed by atoms with Crippen molar-refractivity contribution in [1.29, 1.82) is 0 Å². The van der Waals surface area contributed by atoms with Crippen LogP contribution in [-0.4, -0.2) is 49.7 Å². The van der Waals surface area contributed by atoms with Gasteiger partial charge in [-0.2, -0.15) is 0 Å². The van der Waals surface area contributed by atoms with Crippen molar-refractivity contribution in [1.82, 2.24) is 34.8 Å². The highest BCUT2D eigenvalue weighted by molar-refractivity contribution is 6.33. The SMILES string of the molecule is COc1c(F)cc(-c2cc(Cn3cnc4c(Cl)ncnc43)c(N3CCC[C@@](NCc4ccccc4)(c4ccccn4)C3)cn2)cc1F. The van der Waals surface area contributed by atoms with Gasteiger partial charge in [0.15, 0.2) is 28.2 Å². The summed E-state index contributed by atoms with van der Waals surface area (Å²) in [5.74, 6) is -2.04. The number of anilines is 1. The Bertz CT molecular complexity index is 2000. The van der Waals surface area contributed by atoms with Gasteiger partial charge in [-0.15, -0.1) is 0 Å². The van der Waals surface area contributed by atoms with Gasteiger partial charge in [0.1, 0.15) is 11.8 Å². The maximum absolute atomic E-state index is 14.8. The summed E-state index contributed by atoms with van der Waals surface area (Å²) in [7, 11) is 1.23. The third-order valence-electron chi connectivity index (χ3n) is 8.62. The van der Waals surface area contributed by atoms with Gasteiger partial charge in [0.2, 0.25) is 0 Å². The lowest BCUT2D eigenvalue weighted by Gasteiger charge is -2.44. The average Bonchev–Trinajstić information content (AvgIpc) is 3.52. The smallest absolute Gasteiger partial charge is 0.190 e. The third kappa shape index (κ3) is 6.11. The van der Waals surface area contributed by atoms with Crippen molar-refractivity contribution in [3.05, 3.63) is 125 Å². The Balaban J connectivity index is 1.30. The van der Waals surface area contributed by atoms with Crippen LogP contribution in [0.5, 0.6) is 5.75 Å². The fourth-order valence-corrected chi connectivity index (χ4v) is 6.51. The van der Waals surface area contributed by atoms with Crippen molar-refractivity contribution in [3.8, 4) is 17.0 Å². The first kappa shape index (κ1) is 30.6. The van der Waals surface area contributed by atoms with Gasteiger partial charge in [0.05, 0.1) is 48.8 Å². The number of aromatic nitrogens is 6. The number of nitrogens with zero attached hydrogens (tertiary/aromatic N) is 7. The molecule has 1 atom stereocenters. The standard InChI is InChI=1S/C35H31ClF2N8O/c1-47-32-26(37)14-24(15-27(32)38)28-16-25(19-46-22-43-31-33(36)41-21-42-34(31)46)29(18-40-28)45-13-7-11-35(20-45,30-10-5-6-12-39-30)44-17-23-8-3-2-4-9-23/h2-6,8-10,12,14-16,18,21-22,44H,7,11,13,17,19-20H2,1H3/t35-/m0/s1. The van der Waals surface area contributed by atoms with Crippen LogP contribution >= 0.6 is 11.6 Å². The Labute approximate surface area is 275 Å². The van der Waals surface area contributed by atoms with E-state index in [-0.39, 0.29) is 5.15 Å². The molecule has 0 aliphatic carbocycles. The summed E-state index contributed by atoms with van der Waals surface area (Å²) in [4.78, 5) is 24.7. The molecule has 47 heavy (non-hydrogen) atoms. The molecule has 1 aliphatic rings. The van der Waals surface area contributed by atoms with Crippen molar-refractivity contribution in [2.45, 2.75) is 31.5 Å². The van der Waals surface area contributed by atoms with E-state index in [2.05, 4.69) is 43.4 Å². The number of hydrogen-bond acceptors (Lipinski definition) is 8. The summed E-state index contributed by atoms with van der Waals surface area (Å²) in [6.45, 7) is 2.42. The zero-order chi connectivity index (χ0) is 32.4. The molecule has 0 saturated carbocycles. The maximum atomic E-state index is 14.8. The molecule has 1 saturated heterocycles. The molecule has 6 aromatic rings. The first-order valence-electron chi connectivity index (χ1n) is 15.2. The normalized spacial score (nSPS) is 16.5. The van der Waals surface area contributed by atoms with Gasteiger partial charge in [-0.05, 0) is 54.3 Å². The number of nitrogens with one attached hydrogen (secondary N) is 1. The van der Waals surface area contributed by atoms with E-state index in [1.54, 1.807) is 12.5 Å². The lowest BCUT2D eigenvalue weighted by molar-refractivity contribution is 0.264. The molecule has 5 heterocycles. The number of pyridine rings is 2. The topological polar surface area (TPSA) is 93.9 Å². The largest absolute Gasteiger partial charge is 0.491 e. The highest BCUT2D eigenvalue weighted by Gasteiger charge is 2.38. The number of benzene rings is 2. The Morgan fingerprint density at radius 2 is 1.77 bits per heavy atom. The van der Waals surface area contributed by atoms with E-state index in [9.17, 15) is 8.78 Å². The third-order valence-corrected chi connectivity index (χ3v) is 8.90. The lowest BCUT2D eigenvalue weighted by Crippen LogP contribution is -2.55. The van der Waals surface area contributed by atoms with Gasteiger partial charge in [-0.25, -0.2) is 23.7 Å². The molecule has 0 bridgehead atoms. The first-order valence-corrected chi connectivity index (χ1v) is 15.6. The second-order valence-corrected chi connectivity index (χ2v) is 11.9. The zero-order valence-electron chi connectivity index (χ0n) is 25.6. The van der Waals surface area contributed by atoms with Crippen molar-refractivity contribution in [3.63, 3.8) is 0 Å². The molecule has 1 N–H and O–H groups in total. The van der Waals surface area contributed by atoms with E-state index in [1.807, 2.05) is 47.2 Å². The van der Waals surface area contributed by atoms with E-state index in [0.717, 1.165) is 36.3 Å². The van der Waals surface area contributed by atoms with Gasteiger partial charge >= 0.3 is 0 Å². The molecule has 0 radical (unpaired) electrons. The van der Waals surface area contributed by atoms with Crippen LogP contribution < -0.4 is 15.0 Å². The molecule has 4 aromatic heterocycles. The number of ether oxygens (including phenoxy) is 1. The number of halogens is 3. The Morgan fingerprint density at radius 3 is 2.53 bits per heavy atom. The maximum Gasteiger partial charge on any atom is 0.190 e. The van der Waals surface area contributed by atoms with Crippen molar-refractivity contribution in [2.75, 3.05) is 25.1 Å². The summed E-state index contributed by atoms with van der Waals surface area (Å²) in [6.07, 6.45) is 8.45. The number of imidazole rings is 1. The van der Waals surface area contributed by atoms with Crippen molar-refractivity contribution >= 4 is 28.5 Å². The molecule has 2 aromatic carbocycles. The Morgan fingerprint density at radius 1 is 0.957 bits per heavy atom. The number of piperidine rings is 1. The minimum Gasteiger partial charge on any atom is -0.491 e. The molecule has 1 fully saturated rings. The fraction of sp³-hybridized carbons (Fsp3) is 0.229. The summed E-state index contributed by atoms with van der Waals surface area (Å²) in [6, 6.07) is 20.6. The van der Waals surface area contributed by atoms with Crippen LogP contribution in [0.1, 0.15) is 29.7 Å². The van der Waals surface area contributed by atoms with Crippen LogP contribution in [0.3, 0.4) is 0 Å². The van der Waals surface area contributed by atoms with E-state index in [1.165, 1.54) is 31.1 Å². The van der Waals surface area contributed by atoms with Crippen molar-refractivity contribution in [2.24, 2.45) is 0 Å². The minimum atomic E-state index is -0.803. The molecule has 0 unspecified atom stereocenters. The van der Waals surface area contributed by atoms with Gasteiger partial charge < -0.3 is 19.5 Å². The van der Waals surface area contributed by atoms with Crippen LogP contribution in [0.2, 0.25) is 5.15 Å². The highest BCUT2D eigenvalue weighted by Crippen LogP contribution is 2.37. The first-order chi connectivity index (χ1) is 22.9. The predicted molar refractivity (Wildman–Crippen MR) is 176 cm³/mol. The second-order valence-electron chi connectivity index (χ2n) is 11.5. The van der Waals surface area contributed by atoms with Gasteiger partial charge in [-0.1, -0.05) is 48.0 Å². The van der Waals surface area contributed by atoms with Crippen LogP contribution in [-0.2, 0) is 18.6 Å². The predicted octanol–water partition coefficient (Wildman–Crippen LogP) is 6.56. The van der Waals surface area contributed by atoms with E-state index in [0.29, 0.717) is 42.1 Å². The molecule has 0 spiro atoms. The van der Waals surface area contributed by atoms with Crippen LogP contribution in [0.4, 0.5) is 14.5 Å².